The number of piperidine rings is 1. The highest BCUT2D eigenvalue weighted by Crippen LogP contribution is 2.30. The molecule has 3 heterocycles. The fourth-order valence-corrected chi connectivity index (χ4v) is 4.75. The first kappa shape index (κ1) is 21.1. The van der Waals surface area contributed by atoms with E-state index >= 15 is 0 Å². The fraction of sp³-hybridized carbons (Fsp3) is 0.259. The quantitative estimate of drug-likeness (QED) is 0.460. The van der Waals surface area contributed by atoms with Crippen molar-refractivity contribution < 1.29 is 14.0 Å². The topological polar surface area (TPSA) is 78.3 Å². The number of amides is 2. The fourth-order valence-electron chi connectivity index (χ4n) is 4.75. The van der Waals surface area contributed by atoms with Crippen LogP contribution in [0.2, 0.25) is 0 Å². The van der Waals surface area contributed by atoms with Crippen molar-refractivity contribution in [3.05, 3.63) is 96.1 Å². The molecule has 4 aromatic rings. The van der Waals surface area contributed by atoms with Crippen LogP contribution in [0.5, 0.6) is 0 Å². The van der Waals surface area contributed by atoms with Gasteiger partial charge in [0.2, 0.25) is 5.91 Å². The van der Waals surface area contributed by atoms with E-state index in [1.807, 2.05) is 36.5 Å². The van der Waals surface area contributed by atoms with Gasteiger partial charge in [-0.1, -0.05) is 48.5 Å². The number of carbonyl (C=O) groups excluding carboxylic acids is 2. The molecule has 2 N–H and O–H groups in total. The lowest BCUT2D eigenvalue weighted by Gasteiger charge is -2.32. The Balaban J connectivity index is 1.31. The van der Waals surface area contributed by atoms with Gasteiger partial charge < -0.3 is 19.6 Å². The molecule has 1 aliphatic heterocycles. The summed E-state index contributed by atoms with van der Waals surface area (Å²) in [4.78, 5) is 30.9. The van der Waals surface area contributed by atoms with Gasteiger partial charge in [0.1, 0.15) is 0 Å². The van der Waals surface area contributed by atoms with E-state index in [0.717, 1.165) is 34.9 Å². The van der Waals surface area contributed by atoms with Gasteiger partial charge in [-0.2, -0.15) is 0 Å². The number of benzene rings is 2. The van der Waals surface area contributed by atoms with E-state index in [2.05, 4.69) is 34.6 Å². The lowest BCUT2D eigenvalue weighted by atomic mass is 9.90. The number of nitrogens with one attached hydrogen (secondary N) is 2. The second-order valence-corrected chi connectivity index (χ2v) is 8.57. The average molecular weight is 442 g/mol. The molecule has 6 nitrogen and oxygen atoms in total. The highest BCUT2D eigenvalue weighted by molar-refractivity contribution is 5.92. The second-order valence-electron chi connectivity index (χ2n) is 8.57. The van der Waals surface area contributed by atoms with E-state index in [4.69, 9.17) is 4.42 Å². The van der Waals surface area contributed by atoms with Crippen LogP contribution >= 0.6 is 0 Å². The molecular formula is C27H27N3O3. The smallest absolute Gasteiger partial charge is 0.289 e. The number of para-hydroxylation sites is 1. The van der Waals surface area contributed by atoms with Crippen LogP contribution in [0.25, 0.3) is 10.9 Å². The second kappa shape index (κ2) is 9.36. The number of likely N-dealkylation sites (tertiary alicyclic amines) is 1. The minimum absolute atomic E-state index is 0.00674. The molecule has 0 bridgehead atoms. The van der Waals surface area contributed by atoms with Gasteiger partial charge in [-0.3, -0.25) is 9.59 Å². The van der Waals surface area contributed by atoms with Crippen molar-refractivity contribution in [1.82, 2.24) is 15.2 Å². The van der Waals surface area contributed by atoms with Crippen molar-refractivity contribution in [2.24, 2.45) is 5.92 Å². The lowest BCUT2D eigenvalue weighted by molar-refractivity contribution is -0.126. The van der Waals surface area contributed by atoms with Crippen LogP contribution in [0.4, 0.5) is 0 Å². The monoisotopic (exact) mass is 441 g/mol. The zero-order chi connectivity index (χ0) is 22.6. The summed E-state index contributed by atoms with van der Waals surface area (Å²) in [6, 6.07) is 21.8. The third-order valence-corrected chi connectivity index (χ3v) is 6.49. The van der Waals surface area contributed by atoms with Gasteiger partial charge in [-0.15, -0.1) is 0 Å². The maximum Gasteiger partial charge on any atom is 0.289 e. The van der Waals surface area contributed by atoms with Crippen LogP contribution in [-0.4, -0.2) is 41.3 Å². The Morgan fingerprint density at radius 3 is 2.70 bits per heavy atom. The van der Waals surface area contributed by atoms with E-state index in [9.17, 15) is 9.59 Å². The van der Waals surface area contributed by atoms with Crippen molar-refractivity contribution in [1.29, 1.82) is 0 Å². The standard InChI is InChI=1S/C27H27N3O3/c31-26(20-10-6-14-30(18-20)27(32)25-13-7-15-33-25)29-16-22(19-8-2-1-3-9-19)23-17-28-24-12-5-4-11-21(23)24/h1-5,7-9,11-13,15,17,20,22,28H,6,10,14,16,18H2,(H,29,31)/t20-,22-/m0/s1. The van der Waals surface area contributed by atoms with E-state index in [0.29, 0.717) is 25.4 Å². The molecule has 0 unspecified atom stereocenters. The molecule has 2 atom stereocenters. The van der Waals surface area contributed by atoms with Gasteiger partial charge >= 0.3 is 0 Å². The summed E-state index contributed by atoms with van der Waals surface area (Å²) in [6.45, 7) is 1.55. The average Bonchev–Trinajstić information content (AvgIpc) is 3.55. The molecule has 1 aliphatic rings. The van der Waals surface area contributed by atoms with Gasteiger partial charge in [0, 0.05) is 42.7 Å². The molecule has 0 spiro atoms. The Morgan fingerprint density at radius 2 is 1.88 bits per heavy atom. The summed E-state index contributed by atoms with van der Waals surface area (Å²) >= 11 is 0. The first-order valence-electron chi connectivity index (χ1n) is 11.4. The maximum atomic E-state index is 13.1. The number of hydrogen-bond donors (Lipinski definition) is 2. The molecule has 2 aromatic carbocycles. The Morgan fingerprint density at radius 1 is 1.06 bits per heavy atom. The van der Waals surface area contributed by atoms with Gasteiger partial charge in [-0.05, 0) is 42.2 Å². The Bertz CT molecular complexity index is 1230. The molecule has 168 valence electrons. The molecule has 6 heteroatoms. The molecule has 2 aromatic heterocycles. The number of H-pyrrole nitrogens is 1. The highest BCUT2D eigenvalue weighted by Gasteiger charge is 2.30. The van der Waals surface area contributed by atoms with E-state index < -0.39 is 0 Å². The van der Waals surface area contributed by atoms with Crippen molar-refractivity contribution in [2.45, 2.75) is 18.8 Å². The predicted molar refractivity (Wildman–Crippen MR) is 127 cm³/mol. The van der Waals surface area contributed by atoms with Gasteiger partial charge in [0.15, 0.2) is 5.76 Å². The molecule has 0 radical (unpaired) electrons. The zero-order valence-electron chi connectivity index (χ0n) is 18.4. The van der Waals surface area contributed by atoms with Crippen molar-refractivity contribution >= 4 is 22.7 Å². The van der Waals surface area contributed by atoms with Crippen LogP contribution in [0.15, 0.2) is 83.6 Å². The van der Waals surface area contributed by atoms with Gasteiger partial charge in [-0.25, -0.2) is 0 Å². The third kappa shape index (κ3) is 4.42. The summed E-state index contributed by atoms with van der Waals surface area (Å²) < 4.78 is 5.25. The SMILES string of the molecule is O=C(NC[C@@H](c1ccccc1)c1c[nH]c2ccccc12)[C@H]1CCCN(C(=O)c2ccco2)C1. The Labute approximate surface area is 192 Å². The summed E-state index contributed by atoms with van der Waals surface area (Å²) in [5.41, 5.74) is 3.40. The first-order valence-corrected chi connectivity index (χ1v) is 11.4. The molecular weight excluding hydrogens is 414 g/mol. The molecule has 0 aliphatic carbocycles. The highest BCUT2D eigenvalue weighted by atomic mass is 16.3. The zero-order valence-corrected chi connectivity index (χ0v) is 18.4. The number of aromatic nitrogens is 1. The number of carbonyl (C=O) groups is 2. The van der Waals surface area contributed by atoms with Crippen molar-refractivity contribution in [2.75, 3.05) is 19.6 Å². The number of nitrogens with zero attached hydrogens (tertiary/aromatic N) is 1. The van der Waals surface area contributed by atoms with Crippen molar-refractivity contribution in [3.8, 4) is 0 Å². The summed E-state index contributed by atoms with van der Waals surface area (Å²) in [6.07, 6.45) is 5.11. The predicted octanol–water partition coefficient (Wildman–Crippen LogP) is 4.56. The molecule has 5 rings (SSSR count). The van der Waals surface area contributed by atoms with Gasteiger partial charge in [0.05, 0.1) is 12.2 Å². The minimum Gasteiger partial charge on any atom is -0.459 e. The summed E-state index contributed by atoms with van der Waals surface area (Å²) in [5, 5.41) is 4.34. The van der Waals surface area contributed by atoms with Crippen LogP contribution in [-0.2, 0) is 4.79 Å². The van der Waals surface area contributed by atoms with E-state index in [-0.39, 0.29) is 23.7 Å². The summed E-state index contributed by atoms with van der Waals surface area (Å²) in [5.74, 6) is -0.0430. The molecule has 2 amide bonds. The van der Waals surface area contributed by atoms with E-state index in [1.165, 1.54) is 6.26 Å². The number of fused-ring (bicyclic) bond motifs is 1. The normalized spacial score (nSPS) is 17.1. The third-order valence-electron chi connectivity index (χ3n) is 6.49. The molecule has 1 saturated heterocycles. The van der Waals surface area contributed by atoms with Crippen LogP contribution in [0.1, 0.15) is 40.4 Å². The molecule has 0 saturated carbocycles. The van der Waals surface area contributed by atoms with Crippen LogP contribution < -0.4 is 5.32 Å². The van der Waals surface area contributed by atoms with E-state index in [1.54, 1.807) is 17.0 Å². The van der Waals surface area contributed by atoms with Crippen LogP contribution in [0.3, 0.4) is 0 Å². The van der Waals surface area contributed by atoms with Crippen LogP contribution in [0, 0.1) is 5.92 Å². The molecule has 1 fully saturated rings. The Hall–Kier alpha value is -3.80. The molecule has 33 heavy (non-hydrogen) atoms. The maximum absolute atomic E-state index is 13.1. The lowest BCUT2D eigenvalue weighted by Crippen LogP contribution is -2.46. The number of hydrogen-bond acceptors (Lipinski definition) is 3. The minimum atomic E-state index is -0.225. The number of rotatable bonds is 6. The summed E-state index contributed by atoms with van der Waals surface area (Å²) in [7, 11) is 0. The number of aromatic amines is 1. The largest absolute Gasteiger partial charge is 0.459 e. The van der Waals surface area contributed by atoms with Crippen molar-refractivity contribution in [3.63, 3.8) is 0 Å². The number of furan rings is 1. The Kier molecular flexibility index (Phi) is 5.98. The first-order chi connectivity index (χ1) is 16.2. The van der Waals surface area contributed by atoms with Gasteiger partial charge in [0.25, 0.3) is 5.91 Å².